The number of hydrogen-bond donors (Lipinski definition) is 0. The Labute approximate surface area is 136 Å². The van der Waals surface area contributed by atoms with Crippen LogP contribution < -0.4 is 4.74 Å². The maximum atomic E-state index is 12.2. The van der Waals surface area contributed by atoms with Gasteiger partial charge < -0.3 is 14.2 Å². The molecule has 0 aromatic heterocycles. The van der Waals surface area contributed by atoms with Gasteiger partial charge in [-0.25, -0.2) is 4.79 Å². The molecule has 2 aromatic carbocycles. The molecular weight excluding hydrogens is 292 g/mol. The van der Waals surface area contributed by atoms with Crippen LogP contribution in [0.25, 0.3) is 0 Å². The van der Waals surface area contributed by atoms with E-state index >= 15 is 0 Å². The molecule has 1 atom stereocenters. The van der Waals surface area contributed by atoms with E-state index in [2.05, 4.69) is 0 Å². The second-order valence-electron chi connectivity index (χ2n) is 5.53. The van der Waals surface area contributed by atoms with E-state index in [9.17, 15) is 4.79 Å². The van der Waals surface area contributed by atoms with Crippen LogP contribution in [0.3, 0.4) is 0 Å². The summed E-state index contributed by atoms with van der Waals surface area (Å²) in [6, 6.07) is 16.5. The van der Waals surface area contributed by atoms with Crippen LogP contribution in [-0.2, 0) is 9.47 Å². The van der Waals surface area contributed by atoms with Crippen molar-refractivity contribution in [3.63, 3.8) is 0 Å². The number of ether oxygens (including phenoxy) is 3. The fourth-order valence-electron chi connectivity index (χ4n) is 2.50. The van der Waals surface area contributed by atoms with Crippen LogP contribution >= 0.6 is 0 Å². The van der Waals surface area contributed by atoms with E-state index < -0.39 is 0 Å². The van der Waals surface area contributed by atoms with Crippen molar-refractivity contribution in [2.24, 2.45) is 0 Å². The summed E-state index contributed by atoms with van der Waals surface area (Å²) in [7, 11) is 0. The smallest absolute Gasteiger partial charge is 0.338 e. The predicted octanol–water partition coefficient (Wildman–Crippen LogP) is 4.20. The van der Waals surface area contributed by atoms with Crippen molar-refractivity contribution in [1.82, 2.24) is 0 Å². The average Bonchev–Trinajstić information content (AvgIpc) is 2.62. The van der Waals surface area contributed by atoms with Crippen LogP contribution in [0, 0.1) is 0 Å². The third kappa shape index (κ3) is 4.57. The van der Waals surface area contributed by atoms with Crippen molar-refractivity contribution in [3.05, 3.63) is 60.2 Å². The minimum atomic E-state index is -0.349. The maximum absolute atomic E-state index is 12.2. The van der Waals surface area contributed by atoms with Gasteiger partial charge in [0, 0.05) is 6.61 Å². The van der Waals surface area contributed by atoms with Crippen LogP contribution in [0.5, 0.6) is 11.5 Å². The lowest BCUT2D eigenvalue weighted by molar-refractivity contribution is -0.0300. The van der Waals surface area contributed by atoms with Crippen molar-refractivity contribution in [2.45, 2.75) is 25.4 Å². The van der Waals surface area contributed by atoms with Crippen LogP contribution in [0.4, 0.5) is 0 Å². The summed E-state index contributed by atoms with van der Waals surface area (Å²) in [5.41, 5.74) is 0.481. The Morgan fingerprint density at radius 2 is 1.87 bits per heavy atom. The average molecular weight is 312 g/mol. The molecule has 0 N–H and O–H groups in total. The van der Waals surface area contributed by atoms with Crippen molar-refractivity contribution in [2.75, 3.05) is 13.2 Å². The summed E-state index contributed by atoms with van der Waals surface area (Å²) in [5.74, 6) is 0.992. The van der Waals surface area contributed by atoms with Crippen molar-refractivity contribution in [3.8, 4) is 11.5 Å². The van der Waals surface area contributed by atoms with Crippen LogP contribution in [-0.4, -0.2) is 25.3 Å². The molecule has 2 aromatic rings. The van der Waals surface area contributed by atoms with Crippen molar-refractivity contribution in [1.29, 1.82) is 0 Å². The Morgan fingerprint density at radius 1 is 1.04 bits per heavy atom. The molecule has 0 saturated carbocycles. The largest absolute Gasteiger partial charge is 0.459 e. The zero-order chi connectivity index (χ0) is 15.9. The molecule has 4 heteroatoms. The van der Waals surface area contributed by atoms with Gasteiger partial charge in [0.2, 0.25) is 0 Å². The first kappa shape index (κ1) is 15.6. The molecular formula is C19H20O4. The highest BCUT2D eigenvalue weighted by Crippen LogP contribution is 2.22. The SMILES string of the molecule is O=C(OCC1CCCCO1)c1cccc(Oc2ccccc2)c1. The normalized spacial score (nSPS) is 17.5. The molecule has 1 aliphatic heterocycles. The highest BCUT2D eigenvalue weighted by Gasteiger charge is 2.17. The summed E-state index contributed by atoms with van der Waals surface area (Å²) < 4.78 is 16.6. The molecule has 120 valence electrons. The van der Waals surface area contributed by atoms with Gasteiger partial charge in [0.15, 0.2) is 0 Å². The van der Waals surface area contributed by atoms with Gasteiger partial charge in [0.1, 0.15) is 18.1 Å². The number of esters is 1. The van der Waals surface area contributed by atoms with Gasteiger partial charge in [-0.2, -0.15) is 0 Å². The minimum absolute atomic E-state index is 0.0245. The van der Waals surface area contributed by atoms with Crippen molar-refractivity contribution < 1.29 is 19.0 Å². The lowest BCUT2D eigenvalue weighted by Gasteiger charge is -2.22. The Morgan fingerprint density at radius 3 is 2.65 bits per heavy atom. The Bertz CT molecular complexity index is 633. The molecule has 0 aliphatic carbocycles. The van der Waals surface area contributed by atoms with E-state index in [0.717, 1.165) is 31.6 Å². The highest BCUT2D eigenvalue weighted by atomic mass is 16.6. The predicted molar refractivity (Wildman–Crippen MR) is 86.8 cm³/mol. The number of hydrogen-bond acceptors (Lipinski definition) is 4. The maximum Gasteiger partial charge on any atom is 0.338 e. The lowest BCUT2D eigenvalue weighted by atomic mass is 10.1. The van der Waals surface area contributed by atoms with E-state index in [0.29, 0.717) is 17.9 Å². The van der Waals surface area contributed by atoms with E-state index in [1.165, 1.54) is 0 Å². The van der Waals surface area contributed by atoms with Gasteiger partial charge in [-0.05, 0) is 49.6 Å². The van der Waals surface area contributed by atoms with Crippen LogP contribution in [0.15, 0.2) is 54.6 Å². The first-order valence-corrected chi connectivity index (χ1v) is 7.93. The number of para-hydroxylation sites is 1. The van der Waals surface area contributed by atoms with Crippen LogP contribution in [0.2, 0.25) is 0 Å². The van der Waals surface area contributed by atoms with E-state index in [4.69, 9.17) is 14.2 Å². The van der Waals surface area contributed by atoms with Gasteiger partial charge in [0.05, 0.1) is 11.7 Å². The summed E-state index contributed by atoms with van der Waals surface area (Å²) in [6.45, 7) is 1.06. The second-order valence-corrected chi connectivity index (χ2v) is 5.53. The molecule has 0 radical (unpaired) electrons. The summed E-state index contributed by atoms with van der Waals surface area (Å²) in [6.07, 6.45) is 3.19. The molecule has 0 amide bonds. The Balaban J connectivity index is 1.58. The standard InChI is InChI=1S/C19H20O4/c20-19(22-14-18-10-4-5-12-21-18)15-7-6-11-17(13-15)23-16-8-2-1-3-9-16/h1-3,6-9,11,13,18H,4-5,10,12,14H2. The third-order valence-corrected chi connectivity index (χ3v) is 3.72. The van der Waals surface area contributed by atoms with Gasteiger partial charge in [-0.15, -0.1) is 0 Å². The molecule has 0 bridgehead atoms. The monoisotopic (exact) mass is 312 g/mol. The molecule has 1 aliphatic rings. The van der Waals surface area contributed by atoms with Gasteiger partial charge >= 0.3 is 5.97 Å². The first-order valence-electron chi connectivity index (χ1n) is 7.93. The fourth-order valence-corrected chi connectivity index (χ4v) is 2.50. The number of rotatable bonds is 5. The quantitative estimate of drug-likeness (QED) is 0.776. The molecule has 4 nitrogen and oxygen atoms in total. The second kappa shape index (κ2) is 7.79. The molecule has 0 spiro atoms. The molecule has 1 heterocycles. The molecule has 1 saturated heterocycles. The number of carbonyl (C=O) groups excluding carboxylic acids is 1. The van der Waals surface area contributed by atoms with Crippen LogP contribution in [0.1, 0.15) is 29.6 Å². The Hall–Kier alpha value is -2.33. The molecule has 1 fully saturated rings. The topological polar surface area (TPSA) is 44.8 Å². The van der Waals surface area contributed by atoms with E-state index in [1.54, 1.807) is 18.2 Å². The van der Waals surface area contributed by atoms with Gasteiger partial charge in [-0.1, -0.05) is 24.3 Å². The Kier molecular flexibility index (Phi) is 5.27. The first-order chi connectivity index (χ1) is 11.3. The summed E-state index contributed by atoms with van der Waals surface area (Å²) >= 11 is 0. The van der Waals surface area contributed by atoms with E-state index in [-0.39, 0.29) is 12.1 Å². The molecule has 23 heavy (non-hydrogen) atoms. The van der Waals surface area contributed by atoms with Gasteiger partial charge in [-0.3, -0.25) is 0 Å². The highest BCUT2D eigenvalue weighted by molar-refractivity contribution is 5.89. The summed E-state index contributed by atoms with van der Waals surface area (Å²) in [5, 5.41) is 0. The summed E-state index contributed by atoms with van der Waals surface area (Å²) in [4.78, 5) is 12.2. The zero-order valence-corrected chi connectivity index (χ0v) is 12.9. The zero-order valence-electron chi connectivity index (χ0n) is 12.9. The fraction of sp³-hybridized carbons (Fsp3) is 0.316. The van der Waals surface area contributed by atoms with E-state index in [1.807, 2.05) is 36.4 Å². The third-order valence-electron chi connectivity index (χ3n) is 3.72. The molecule has 3 rings (SSSR count). The lowest BCUT2D eigenvalue weighted by Crippen LogP contribution is -2.25. The minimum Gasteiger partial charge on any atom is -0.459 e. The van der Waals surface area contributed by atoms with Gasteiger partial charge in [0.25, 0.3) is 0 Å². The number of benzene rings is 2. The molecule has 1 unspecified atom stereocenters. The van der Waals surface area contributed by atoms with Crippen molar-refractivity contribution >= 4 is 5.97 Å². The number of carbonyl (C=O) groups is 1.